The van der Waals surface area contributed by atoms with E-state index in [1.165, 1.54) is 24.2 Å². The molecule has 0 bridgehead atoms. The van der Waals surface area contributed by atoms with E-state index in [1.807, 2.05) is 0 Å². The smallest absolute Gasteiger partial charge is 0.211 e. The molecule has 0 saturated carbocycles. The molecule has 1 saturated heterocycles. The van der Waals surface area contributed by atoms with Gasteiger partial charge in [-0.05, 0) is 31.9 Å². The van der Waals surface area contributed by atoms with E-state index in [1.54, 1.807) is 0 Å². The van der Waals surface area contributed by atoms with Gasteiger partial charge in [0.2, 0.25) is 5.12 Å². The Hall–Kier alpha value is 0.154. The van der Waals surface area contributed by atoms with E-state index in [9.17, 15) is 4.79 Å². The molecule has 19 heavy (non-hydrogen) atoms. The maximum atomic E-state index is 11.8. The van der Waals surface area contributed by atoms with Gasteiger partial charge in [0, 0.05) is 11.6 Å². The van der Waals surface area contributed by atoms with Crippen LogP contribution in [0.4, 0.5) is 0 Å². The molecule has 0 N–H and O–H groups in total. The average molecular weight is 314 g/mol. The van der Waals surface area contributed by atoms with Gasteiger partial charge in [0.15, 0.2) is 0 Å². The summed E-state index contributed by atoms with van der Waals surface area (Å²) in [6.45, 7) is 13.3. The molecule has 1 atom stereocenters. The molecule has 1 aliphatic heterocycles. The molecule has 2 nitrogen and oxygen atoms in total. The van der Waals surface area contributed by atoms with E-state index in [-0.39, 0.29) is 5.12 Å². The second-order valence-electron chi connectivity index (χ2n) is 7.68. The van der Waals surface area contributed by atoms with Crippen LogP contribution in [0.25, 0.3) is 0 Å². The monoisotopic (exact) mass is 313 g/mol. The first-order chi connectivity index (χ1) is 8.63. The zero-order chi connectivity index (χ0) is 14.4. The van der Waals surface area contributed by atoms with Crippen molar-refractivity contribution in [3.63, 3.8) is 0 Å². The Labute approximate surface area is 125 Å². The zero-order valence-corrected chi connectivity index (χ0v) is 15.8. The Morgan fingerprint density at radius 3 is 2.32 bits per heavy atom. The Morgan fingerprint density at radius 1 is 1.32 bits per heavy atom. The minimum atomic E-state index is -1.39. The number of nitrogens with zero attached hydrogens (tertiary/aromatic N) is 1. The lowest BCUT2D eigenvalue weighted by atomic mass is 10.2. The van der Waals surface area contributed by atoms with Gasteiger partial charge >= 0.3 is 0 Å². The lowest BCUT2D eigenvalue weighted by molar-refractivity contribution is -0.107. The van der Waals surface area contributed by atoms with Gasteiger partial charge in [0.25, 0.3) is 0 Å². The van der Waals surface area contributed by atoms with E-state index in [0.717, 1.165) is 18.4 Å². The van der Waals surface area contributed by atoms with Crippen molar-refractivity contribution in [3.05, 3.63) is 10.8 Å². The molecule has 2 rings (SSSR count). The van der Waals surface area contributed by atoms with E-state index in [4.69, 9.17) is 0 Å². The molecule has 108 valence electrons. The van der Waals surface area contributed by atoms with Crippen molar-refractivity contribution in [2.75, 3.05) is 6.54 Å². The highest BCUT2D eigenvalue weighted by Gasteiger charge is 2.43. The van der Waals surface area contributed by atoms with Gasteiger partial charge in [-0.25, -0.2) is 0 Å². The molecule has 0 radical (unpaired) electrons. The van der Waals surface area contributed by atoms with Crippen molar-refractivity contribution in [2.45, 2.75) is 64.1 Å². The Kier molecular flexibility index (Phi) is 4.23. The molecule has 1 fully saturated rings. The molecule has 0 amide bonds. The third-order valence-electron chi connectivity index (χ3n) is 4.81. The van der Waals surface area contributed by atoms with Crippen LogP contribution in [-0.4, -0.2) is 38.6 Å². The van der Waals surface area contributed by atoms with Crippen LogP contribution in [0.2, 0.25) is 38.8 Å². The summed E-state index contributed by atoms with van der Waals surface area (Å²) >= 11 is 4.13. The lowest BCUT2D eigenvalue weighted by Crippen LogP contribution is -2.49. The van der Waals surface area contributed by atoms with Crippen LogP contribution in [0.3, 0.4) is 0 Å². The van der Waals surface area contributed by atoms with Crippen LogP contribution in [0.1, 0.15) is 19.3 Å². The minimum Gasteiger partial charge on any atom is -0.320 e. The standard InChI is InChI=1S/C14H27NOSSi2/c1-18(2,3)13-10-11(9-12(13)14(16)17)15-7-6-8-19(15,4)5/h11H,6-10H2,1-5H3,(H,16,17). The summed E-state index contributed by atoms with van der Waals surface area (Å²) in [6, 6.07) is 2.01. The SMILES string of the molecule is C[Si](C)(C)C1=C(C(=O)S)CC(N2CCC[Si]2(C)C)C1. The highest BCUT2D eigenvalue weighted by Crippen LogP contribution is 2.40. The normalized spacial score (nSPS) is 28.2. The molecule has 1 heterocycles. The lowest BCUT2D eigenvalue weighted by Gasteiger charge is -2.36. The van der Waals surface area contributed by atoms with Crippen LogP contribution in [0.15, 0.2) is 10.8 Å². The van der Waals surface area contributed by atoms with Gasteiger partial charge in [0.1, 0.15) is 8.24 Å². The molecule has 5 heteroatoms. The molecule has 0 aromatic rings. The van der Waals surface area contributed by atoms with Crippen LogP contribution in [0.5, 0.6) is 0 Å². The number of rotatable bonds is 3. The Balaban J connectivity index is 2.22. The molecular weight excluding hydrogens is 286 g/mol. The van der Waals surface area contributed by atoms with Crippen molar-refractivity contribution in [1.82, 2.24) is 4.57 Å². The summed E-state index contributed by atoms with van der Waals surface area (Å²) in [7, 11) is -2.59. The molecule has 0 spiro atoms. The van der Waals surface area contributed by atoms with Gasteiger partial charge < -0.3 is 4.57 Å². The van der Waals surface area contributed by atoms with Gasteiger partial charge in [-0.1, -0.05) is 37.9 Å². The summed E-state index contributed by atoms with van der Waals surface area (Å²) in [5, 5.41) is 1.51. The van der Waals surface area contributed by atoms with Crippen molar-refractivity contribution in [1.29, 1.82) is 0 Å². The third-order valence-corrected chi connectivity index (χ3v) is 11.1. The number of carbonyl (C=O) groups excluding carboxylic acids is 1. The molecule has 1 unspecified atom stereocenters. The molecule has 1 aliphatic carbocycles. The fourth-order valence-corrected chi connectivity index (χ4v) is 9.34. The summed E-state index contributed by atoms with van der Waals surface area (Å²) in [5.41, 5.74) is 1.06. The van der Waals surface area contributed by atoms with Crippen LogP contribution in [-0.2, 0) is 4.79 Å². The number of carbonyl (C=O) groups is 1. The number of thiol groups is 1. The van der Waals surface area contributed by atoms with Crippen molar-refractivity contribution >= 4 is 34.1 Å². The van der Waals surface area contributed by atoms with E-state index >= 15 is 0 Å². The number of hydrogen-bond donors (Lipinski definition) is 1. The first-order valence-electron chi connectivity index (χ1n) is 7.35. The van der Waals surface area contributed by atoms with Gasteiger partial charge in [-0.2, -0.15) is 0 Å². The topological polar surface area (TPSA) is 20.3 Å². The average Bonchev–Trinajstić information content (AvgIpc) is 2.79. The quantitative estimate of drug-likeness (QED) is 0.633. The maximum Gasteiger partial charge on any atom is 0.211 e. The molecule has 2 aliphatic rings. The number of hydrogen-bond acceptors (Lipinski definition) is 2. The van der Waals surface area contributed by atoms with E-state index in [0.29, 0.717) is 6.04 Å². The zero-order valence-electron chi connectivity index (χ0n) is 12.9. The van der Waals surface area contributed by atoms with Gasteiger partial charge in [-0.15, -0.1) is 12.6 Å². The van der Waals surface area contributed by atoms with Gasteiger partial charge in [-0.3, -0.25) is 4.79 Å². The first-order valence-corrected chi connectivity index (χ1v) is 14.5. The van der Waals surface area contributed by atoms with Crippen LogP contribution >= 0.6 is 12.6 Å². The fourth-order valence-electron chi connectivity index (χ4n) is 3.79. The minimum absolute atomic E-state index is 0.0265. The summed E-state index contributed by atoms with van der Waals surface area (Å²) < 4.78 is 2.77. The van der Waals surface area contributed by atoms with Crippen LogP contribution in [0, 0.1) is 0 Å². The molecular formula is C14H27NOSSi2. The van der Waals surface area contributed by atoms with Crippen molar-refractivity contribution in [2.24, 2.45) is 0 Å². The van der Waals surface area contributed by atoms with Gasteiger partial charge in [0.05, 0.1) is 8.07 Å². The predicted molar refractivity (Wildman–Crippen MR) is 91.0 cm³/mol. The second kappa shape index (κ2) is 5.17. The van der Waals surface area contributed by atoms with Crippen LogP contribution < -0.4 is 0 Å². The third kappa shape index (κ3) is 3.09. The summed E-state index contributed by atoms with van der Waals surface area (Å²) in [5.74, 6) is 0. The van der Waals surface area contributed by atoms with E-state index < -0.39 is 16.3 Å². The highest BCUT2D eigenvalue weighted by atomic mass is 32.1. The fraction of sp³-hybridized carbons (Fsp3) is 0.786. The largest absolute Gasteiger partial charge is 0.320 e. The van der Waals surface area contributed by atoms with Crippen molar-refractivity contribution in [3.8, 4) is 0 Å². The maximum absolute atomic E-state index is 11.8. The Morgan fingerprint density at radius 2 is 1.95 bits per heavy atom. The van der Waals surface area contributed by atoms with Crippen molar-refractivity contribution < 1.29 is 4.79 Å². The molecule has 0 aromatic carbocycles. The summed E-state index contributed by atoms with van der Waals surface area (Å²) in [4.78, 5) is 11.8. The summed E-state index contributed by atoms with van der Waals surface area (Å²) in [6.07, 6.45) is 3.44. The highest BCUT2D eigenvalue weighted by molar-refractivity contribution is 7.97. The second-order valence-corrected chi connectivity index (χ2v) is 17.9. The molecule has 0 aromatic heterocycles. The predicted octanol–water partition coefficient (Wildman–Crippen LogP) is 3.69. The Bertz CT molecular complexity index is 426. The van der Waals surface area contributed by atoms with E-state index in [2.05, 4.69) is 49.9 Å². The first kappa shape index (κ1) is 15.5.